The maximum atomic E-state index is 12.1. The zero-order valence-electron chi connectivity index (χ0n) is 11.9. The van der Waals surface area contributed by atoms with Crippen LogP contribution in [-0.4, -0.2) is 37.0 Å². The van der Waals surface area contributed by atoms with E-state index in [1.807, 2.05) is 6.92 Å². The predicted molar refractivity (Wildman–Crippen MR) is 84.4 cm³/mol. The van der Waals surface area contributed by atoms with E-state index in [0.717, 1.165) is 0 Å². The normalized spacial score (nSPS) is 10.7. The van der Waals surface area contributed by atoms with Crippen molar-refractivity contribution in [2.75, 3.05) is 20.2 Å². The van der Waals surface area contributed by atoms with Crippen LogP contribution in [-0.2, 0) is 14.3 Å². The van der Waals surface area contributed by atoms with Gasteiger partial charge in [-0.3, -0.25) is 9.59 Å². The second-order valence-electron chi connectivity index (χ2n) is 4.22. The largest absolute Gasteiger partial charge is 0.469 e. The van der Waals surface area contributed by atoms with Crippen LogP contribution in [0.15, 0.2) is 24.3 Å². The third-order valence-corrected chi connectivity index (χ3v) is 3.73. The van der Waals surface area contributed by atoms with Gasteiger partial charge in [0, 0.05) is 19.2 Å². The Kier molecular flexibility index (Phi) is 7.26. The number of hydrogen-bond donors (Lipinski definition) is 0. The molecule has 114 valence electrons. The minimum Gasteiger partial charge on any atom is -0.469 e. The number of amides is 1. The number of hydrogen-bond acceptors (Lipinski definition) is 3. The molecule has 0 aromatic heterocycles. The van der Waals surface area contributed by atoms with Gasteiger partial charge in [-0.05, 0) is 24.6 Å². The van der Waals surface area contributed by atoms with Crippen LogP contribution in [0.25, 0.3) is 6.08 Å². The molecule has 0 radical (unpaired) electrons. The van der Waals surface area contributed by atoms with Crippen molar-refractivity contribution in [2.45, 2.75) is 13.3 Å². The van der Waals surface area contributed by atoms with Crippen LogP contribution < -0.4 is 0 Å². The molecular weight excluding hydrogens is 313 g/mol. The lowest BCUT2D eigenvalue weighted by atomic mass is 10.2. The zero-order chi connectivity index (χ0) is 15.8. The van der Waals surface area contributed by atoms with E-state index >= 15 is 0 Å². The van der Waals surface area contributed by atoms with Crippen molar-refractivity contribution in [1.29, 1.82) is 0 Å². The first-order chi connectivity index (χ1) is 9.99. The van der Waals surface area contributed by atoms with E-state index in [2.05, 4.69) is 4.74 Å². The van der Waals surface area contributed by atoms with Crippen LogP contribution in [0.3, 0.4) is 0 Å². The standard InChI is InChI=1S/C15H17Cl2NO3/c1-3-18(10-9-14(20)21-2)13(19)8-7-11-5-4-6-12(16)15(11)17/h4-8H,3,9-10H2,1-2H3/b8-7+. The highest BCUT2D eigenvalue weighted by molar-refractivity contribution is 6.42. The highest BCUT2D eigenvalue weighted by Gasteiger charge is 2.11. The molecule has 0 heterocycles. The third-order valence-electron chi connectivity index (χ3n) is 2.89. The van der Waals surface area contributed by atoms with Crippen molar-refractivity contribution in [1.82, 2.24) is 4.90 Å². The number of esters is 1. The van der Waals surface area contributed by atoms with Gasteiger partial charge in [0.2, 0.25) is 5.91 Å². The highest BCUT2D eigenvalue weighted by atomic mass is 35.5. The van der Waals surface area contributed by atoms with Gasteiger partial charge in [-0.2, -0.15) is 0 Å². The first-order valence-corrected chi connectivity index (χ1v) is 7.23. The fraction of sp³-hybridized carbons (Fsp3) is 0.333. The maximum Gasteiger partial charge on any atom is 0.307 e. The van der Waals surface area contributed by atoms with E-state index in [-0.39, 0.29) is 18.3 Å². The first kappa shape index (κ1) is 17.5. The van der Waals surface area contributed by atoms with Gasteiger partial charge in [0.25, 0.3) is 0 Å². The fourth-order valence-corrected chi connectivity index (χ4v) is 2.04. The van der Waals surface area contributed by atoms with Crippen molar-refractivity contribution < 1.29 is 14.3 Å². The molecule has 0 aliphatic carbocycles. The molecule has 0 N–H and O–H groups in total. The summed E-state index contributed by atoms with van der Waals surface area (Å²) >= 11 is 11.9. The lowest BCUT2D eigenvalue weighted by molar-refractivity contribution is -0.141. The van der Waals surface area contributed by atoms with E-state index in [4.69, 9.17) is 23.2 Å². The van der Waals surface area contributed by atoms with Gasteiger partial charge in [-0.15, -0.1) is 0 Å². The SMILES string of the molecule is CCN(CCC(=O)OC)C(=O)/C=C/c1cccc(Cl)c1Cl. The number of halogens is 2. The van der Waals surface area contributed by atoms with Gasteiger partial charge < -0.3 is 9.64 Å². The van der Waals surface area contributed by atoms with Crippen molar-refractivity contribution in [3.63, 3.8) is 0 Å². The van der Waals surface area contributed by atoms with Crippen LogP contribution in [0.5, 0.6) is 0 Å². The smallest absolute Gasteiger partial charge is 0.307 e. The van der Waals surface area contributed by atoms with Gasteiger partial charge >= 0.3 is 5.97 Å². The van der Waals surface area contributed by atoms with Crippen LogP contribution in [0, 0.1) is 0 Å². The lowest BCUT2D eigenvalue weighted by Crippen LogP contribution is -2.31. The summed E-state index contributed by atoms with van der Waals surface area (Å²) in [5, 5.41) is 0.838. The van der Waals surface area contributed by atoms with Crippen molar-refractivity contribution in [3.8, 4) is 0 Å². The maximum absolute atomic E-state index is 12.1. The summed E-state index contributed by atoms with van der Waals surface area (Å²) in [5.41, 5.74) is 0.668. The Morgan fingerprint density at radius 3 is 2.67 bits per heavy atom. The molecule has 0 fully saturated rings. The van der Waals surface area contributed by atoms with E-state index in [0.29, 0.717) is 28.7 Å². The second-order valence-corrected chi connectivity index (χ2v) is 5.01. The Balaban J connectivity index is 2.71. The Morgan fingerprint density at radius 2 is 2.05 bits per heavy atom. The van der Waals surface area contributed by atoms with Crippen molar-refractivity contribution in [3.05, 3.63) is 39.9 Å². The van der Waals surface area contributed by atoms with Crippen molar-refractivity contribution in [2.24, 2.45) is 0 Å². The minimum atomic E-state index is -0.344. The molecule has 0 saturated heterocycles. The Bertz CT molecular complexity index is 544. The van der Waals surface area contributed by atoms with E-state index < -0.39 is 0 Å². The Hall–Kier alpha value is -1.52. The molecular formula is C15H17Cl2NO3. The molecule has 1 aromatic carbocycles. The number of carbonyl (C=O) groups excluding carboxylic acids is 2. The molecule has 0 aliphatic heterocycles. The quantitative estimate of drug-likeness (QED) is 0.593. The van der Waals surface area contributed by atoms with Gasteiger partial charge in [0.1, 0.15) is 0 Å². The molecule has 0 bridgehead atoms. The van der Waals surface area contributed by atoms with Gasteiger partial charge in [-0.1, -0.05) is 35.3 Å². The summed E-state index contributed by atoms with van der Waals surface area (Å²) < 4.78 is 4.56. The second kappa shape index (κ2) is 8.70. The number of nitrogens with zero attached hydrogens (tertiary/aromatic N) is 1. The monoisotopic (exact) mass is 329 g/mol. The number of rotatable bonds is 6. The van der Waals surface area contributed by atoms with Crippen LogP contribution in [0.2, 0.25) is 10.0 Å². The molecule has 21 heavy (non-hydrogen) atoms. The Labute approximate surface area is 134 Å². The third kappa shape index (κ3) is 5.40. The number of benzene rings is 1. The van der Waals surface area contributed by atoms with Crippen LogP contribution >= 0.6 is 23.2 Å². The number of carbonyl (C=O) groups is 2. The summed E-state index contributed by atoms with van der Waals surface area (Å²) in [6, 6.07) is 5.20. The molecule has 6 heteroatoms. The molecule has 0 unspecified atom stereocenters. The van der Waals surface area contributed by atoms with Crippen LogP contribution in [0.4, 0.5) is 0 Å². The van der Waals surface area contributed by atoms with Crippen LogP contribution in [0.1, 0.15) is 18.9 Å². The first-order valence-electron chi connectivity index (χ1n) is 6.47. The highest BCUT2D eigenvalue weighted by Crippen LogP contribution is 2.26. The molecule has 1 aromatic rings. The van der Waals surface area contributed by atoms with E-state index in [9.17, 15) is 9.59 Å². The minimum absolute atomic E-state index is 0.168. The van der Waals surface area contributed by atoms with Gasteiger partial charge in [0.15, 0.2) is 0 Å². The van der Waals surface area contributed by atoms with E-state index in [1.165, 1.54) is 13.2 Å². The molecule has 1 amide bonds. The summed E-state index contributed by atoms with van der Waals surface area (Å²) in [6.45, 7) is 2.66. The summed E-state index contributed by atoms with van der Waals surface area (Å²) in [4.78, 5) is 24.7. The van der Waals surface area contributed by atoms with Gasteiger partial charge in [-0.25, -0.2) is 0 Å². The summed E-state index contributed by atoms with van der Waals surface area (Å²) in [7, 11) is 1.32. The van der Waals surface area contributed by atoms with Gasteiger partial charge in [0.05, 0.1) is 23.6 Å². The summed E-state index contributed by atoms with van der Waals surface area (Å²) in [5.74, 6) is -0.541. The molecule has 0 atom stereocenters. The molecule has 0 aliphatic rings. The lowest BCUT2D eigenvalue weighted by Gasteiger charge is -2.18. The Morgan fingerprint density at radius 1 is 1.33 bits per heavy atom. The number of ether oxygens (including phenoxy) is 1. The average Bonchev–Trinajstić information content (AvgIpc) is 2.49. The fourth-order valence-electron chi connectivity index (χ4n) is 1.67. The average molecular weight is 330 g/mol. The predicted octanol–water partition coefficient (Wildman–Crippen LogP) is 3.42. The number of methoxy groups -OCH3 is 1. The number of likely N-dealkylation sites (N-methyl/N-ethyl adjacent to an activating group) is 1. The summed E-state index contributed by atoms with van der Waals surface area (Å²) in [6.07, 6.45) is 3.19. The molecule has 0 spiro atoms. The molecule has 1 rings (SSSR count). The topological polar surface area (TPSA) is 46.6 Å². The molecule has 4 nitrogen and oxygen atoms in total. The van der Waals surface area contributed by atoms with E-state index in [1.54, 1.807) is 29.2 Å². The molecule has 0 saturated carbocycles. The van der Waals surface area contributed by atoms with Crippen molar-refractivity contribution >= 4 is 41.2 Å². The zero-order valence-corrected chi connectivity index (χ0v) is 13.4.